The molecular formula is C16H25ClN2O2. The minimum absolute atomic E-state index is 0. The molecular weight excluding hydrogens is 288 g/mol. The average Bonchev–Trinajstić information content (AvgIpc) is 2.88. The topological polar surface area (TPSA) is 55.6 Å². The van der Waals surface area contributed by atoms with E-state index in [1.54, 1.807) is 0 Å². The Morgan fingerprint density at radius 3 is 2.71 bits per heavy atom. The molecule has 0 spiro atoms. The first-order valence-electron chi connectivity index (χ1n) is 7.22. The highest BCUT2D eigenvalue weighted by Gasteiger charge is 2.34. The molecule has 21 heavy (non-hydrogen) atoms. The number of nitrogens with two attached hydrogens (primary N) is 1. The van der Waals surface area contributed by atoms with Crippen LogP contribution in [0.4, 0.5) is 0 Å². The molecule has 4 nitrogen and oxygen atoms in total. The molecule has 1 aliphatic heterocycles. The summed E-state index contributed by atoms with van der Waals surface area (Å²) in [4.78, 5) is 13.9. The van der Waals surface area contributed by atoms with Gasteiger partial charge in [0.25, 0.3) is 0 Å². The van der Waals surface area contributed by atoms with Gasteiger partial charge < -0.3 is 15.4 Å². The highest BCUT2D eigenvalue weighted by atomic mass is 35.5. The average molecular weight is 313 g/mol. The Balaban J connectivity index is 0.00000220. The lowest BCUT2D eigenvalue weighted by molar-refractivity contribution is -0.135. The van der Waals surface area contributed by atoms with Crippen LogP contribution in [-0.2, 0) is 16.0 Å². The first kappa shape index (κ1) is 18.0. The lowest BCUT2D eigenvalue weighted by Gasteiger charge is -2.22. The smallest absolute Gasteiger partial charge is 0.248 e. The number of likely N-dealkylation sites (tertiary alicyclic amines) is 1. The molecule has 0 aliphatic carbocycles. The number of halogens is 1. The molecule has 0 radical (unpaired) electrons. The lowest BCUT2D eigenvalue weighted by atomic mass is 9.90. The summed E-state index contributed by atoms with van der Waals surface area (Å²) >= 11 is 0. The van der Waals surface area contributed by atoms with E-state index in [2.05, 4.69) is 19.1 Å². The number of benzene rings is 1. The molecule has 1 atom stereocenters. The molecule has 1 heterocycles. The molecule has 1 aliphatic rings. The Morgan fingerprint density at radius 2 is 2.10 bits per heavy atom. The zero-order valence-electron chi connectivity index (χ0n) is 12.6. The molecule has 2 rings (SSSR count). The van der Waals surface area contributed by atoms with Gasteiger partial charge in [-0.3, -0.25) is 4.79 Å². The van der Waals surface area contributed by atoms with Crippen LogP contribution in [0.2, 0.25) is 0 Å². The number of carbonyl (C=O) groups is 1. The van der Waals surface area contributed by atoms with E-state index in [1.807, 2.05) is 23.1 Å². The first-order chi connectivity index (χ1) is 9.63. The number of hydrogen-bond donors (Lipinski definition) is 1. The van der Waals surface area contributed by atoms with E-state index in [1.165, 1.54) is 5.56 Å². The quantitative estimate of drug-likeness (QED) is 0.816. The van der Waals surface area contributed by atoms with Gasteiger partial charge in [0.05, 0.1) is 6.61 Å². The summed E-state index contributed by atoms with van der Waals surface area (Å²) in [5, 5.41) is 0. The Kier molecular flexibility index (Phi) is 7.15. The van der Waals surface area contributed by atoms with Gasteiger partial charge in [-0.25, -0.2) is 0 Å². The Labute approximate surface area is 133 Å². The van der Waals surface area contributed by atoms with Gasteiger partial charge >= 0.3 is 0 Å². The van der Waals surface area contributed by atoms with E-state index in [0.29, 0.717) is 13.2 Å². The van der Waals surface area contributed by atoms with Crippen LogP contribution in [0.1, 0.15) is 18.9 Å². The molecule has 1 fully saturated rings. The van der Waals surface area contributed by atoms with Gasteiger partial charge in [0.2, 0.25) is 5.91 Å². The number of carbonyl (C=O) groups excluding carboxylic acids is 1. The van der Waals surface area contributed by atoms with Crippen molar-refractivity contribution in [3.63, 3.8) is 0 Å². The van der Waals surface area contributed by atoms with Gasteiger partial charge in [0, 0.05) is 13.1 Å². The van der Waals surface area contributed by atoms with Crippen LogP contribution in [0.3, 0.4) is 0 Å². The SMILES string of the molecule is CC1(CN)CCN(C(=O)COCCc2ccccc2)C1.Cl. The minimum Gasteiger partial charge on any atom is -0.371 e. The second-order valence-electron chi connectivity index (χ2n) is 5.87. The van der Waals surface area contributed by atoms with Gasteiger partial charge in [0.15, 0.2) is 0 Å². The Hall–Kier alpha value is -1.10. The molecule has 1 aromatic carbocycles. The zero-order chi connectivity index (χ0) is 14.4. The third kappa shape index (κ3) is 5.30. The molecule has 1 amide bonds. The Bertz CT molecular complexity index is 441. The predicted molar refractivity (Wildman–Crippen MR) is 86.6 cm³/mol. The van der Waals surface area contributed by atoms with Crippen molar-refractivity contribution in [3.8, 4) is 0 Å². The molecule has 1 unspecified atom stereocenters. The molecule has 1 saturated heterocycles. The first-order valence-corrected chi connectivity index (χ1v) is 7.22. The predicted octanol–water partition coefficient (Wildman–Crippen LogP) is 1.86. The summed E-state index contributed by atoms with van der Waals surface area (Å²) in [5.41, 5.74) is 7.06. The number of amides is 1. The van der Waals surface area contributed by atoms with Crippen LogP contribution in [-0.4, -0.2) is 43.7 Å². The normalized spacial score (nSPS) is 21.1. The molecule has 0 aromatic heterocycles. The number of hydrogen-bond acceptors (Lipinski definition) is 3. The van der Waals surface area contributed by atoms with Gasteiger partial charge in [-0.05, 0) is 30.4 Å². The summed E-state index contributed by atoms with van der Waals surface area (Å²) in [6.45, 7) is 5.08. The fourth-order valence-electron chi connectivity index (χ4n) is 2.49. The number of ether oxygens (including phenoxy) is 1. The van der Waals surface area contributed by atoms with Gasteiger partial charge in [-0.15, -0.1) is 12.4 Å². The van der Waals surface area contributed by atoms with Crippen molar-refractivity contribution in [1.29, 1.82) is 0 Å². The molecule has 0 saturated carbocycles. The maximum atomic E-state index is 12.0. The molecule has 1 aromatic rings. The summed E-state index contributed by atoms with van der Waals surface area (Å²) in [6, 6.07) is 10.2. The summed E-state index contributed by atoms with van der Waals surface area (Å²) in [6.07, 6.45) is 1.83. The van der Waals surface area contributed by atoms with E-state index in [-0.39, 0.29) is 30.3 Å². The molecule has 0 bridgehead atoms. The molecule has 118 valence electrons. The maximum absolute atomic E-state index is 12.0. The van der Waals surface area contributed by atoms with E-state index >= 15 is 0 Å². The van der Waals surface area contributed by atoms with Gasteiger partial charge in [-0.1, -0.05) is 37.3 Å². The summed E-state index contributed by atoms with van der Waals surface area (Å²) in [7, 11) is 0. The van der Waals surface area contributed by atoms with Crippen LogP contribution in [0.25, 0.3) is 0 Å². The highest BCUT2D eigenvalue weighted by molar-refractivity contribution is 5.85. The van der Waals surface area contributed by atoms with Crippen LogP contribution in [0, 0.1) is 5.41 Å². The second kappa shape index (κ2) is 8.37. The van der Waals surface area contributed by atoms with Gasteiger partial charge in [-0.2, -0.15) is 0 Å². The van der Waals surface area contributed by atoms with E-state index < -0.39 is 0 Å². The second-order valence-corrected chi connectivity index (χ2v) is 5.87. The summed E-state index contributed by atoms with van der Waals surface area (Å²) < 4.78 is 5.49. The highest BCUT2D eigenvalue weighted by Crippen LogP contribution is 2.28. The van der Waals surface area contributed by atoms with E-state index in [0.717, 1.165) is 25.9 Å². The van der Waals surface area contributed by atoms with Crippen molar-refractivity contribution in [2.75, 3.05) is 32.8 Å². The monoisotopic (exact) mass is 312 g/mol. The van der Waals surface area contributed by atoms with Crippen LogP contribution in [0.5, 0.6) is 0 Å². The molecule has 5 heteroatoms. The Morgan fingerprint density at radius 1 is 1.38 bits per heavy atom. The van der Waals surface area contributed by atoms with Crippen molar-refractivity contribution in [1.82, 2.24) is 4.90 Å². The lowest BCUT2D eigenvalue weighted by Crippen LogP contribution is -2.36. The minimum atomic E-state index is 0. The van der Waals surface area contributed by atoms with Crippen molar-refractivity contribution in [3.05, 3.63) is 35.9 Å². The molecule has 2 N–H and O–H groups in total. The number of nitrogens with zero attached hydrogens (tertiary/aromatic N) is 1. The standard InChI is InChI=1S/C16H24N2O2.ClH/c1-16(12-17)8-9-18(13-16)15(19)11-20-10-7-14-5-3-2-4-6-14;/h2-6H,7-13,17H2,1H3;1H. The largest absolute Gasteiger partial charge is 0.371 e. The van der Waals surface area contributed by atoms with Gasteiger partial charge in [0.1, 0.15) is 6.61 Å². The van der Waals surface area contributed by atoms with Crippen LogP contribution < -0.4 is 5.73 Å². The maximum Gasteiger partial charge on any atom is 0.248 e. The number of rotatable bonds is 6. The van der Waals surface area contributed by atoms with E-state index in [4.69, 9.17) is 10.5 Å². The van der Waals surface area contributed by atoms with Crippen molar-refractivity contribution in [2.24, 2.45) is 11.1 Å². The fraction of sp³-hybridized carbons (Fsp3) is 0.562. The fourth-order valence-corrected chi connectivity index (χ4v) is 2.49. The van der Waals surface area contributed by atoms with E-state index in [9.17, 15) is 4.79 Å². The third-order valence-electron chi connectivity index (χ3n) is 4.01. The van der Waals surface area contributed by atoms with Crippen LogP contribution >= 0.6 is 12.4 Å². The summed E-state index contributed by atoms with van der Waals surface area (Å²) in [5.74, 6) is 0.0789. The van der Waals surface area contributed by atoms with Crippen molar-refractivity contribution in [2.45, 2.75) is 19.8 Å². The third-order valence-corrected chi connectivity index (χ3v) is 4.01. The van der Waals surface area contributed by atoms with Crippen LogP contribution in [0.15, 0.2) is 30.3 Å². The zero-order valence-corrected chi connectivity index (χ0v) is 13.4. The van der Waals surface area contributed by atoms with Crippen molar-refractivity contribution >= 4 is 18.3 Å². The van der Waals surface area contributed by atoms with Crippen molar-refractivity contribution < 1.29 is 9.53 Å².